The van der Waals surface area contributed by atoms with E-state index in [0.29, 0.717) is 31.0 Å². The second-order valence-corrected chi connectivity index (χ2v) is 12.7. The lowest BCUT2D eigenvalue weighted by molar-refractivity contribution is 0.0632. The molecule has 31 heavy (non-hydrogen) atoms. The van der Waals surface area contributed by atoms with Gasteiger partial charge in [-0.1, -0.05) is 37.1 Å². The molecular weight excluding hydrogens is 434 g/mol. The van der Waals surface area contributed by atoms with Gasteiger partial charge < -0.3 is 4.74 Å². The molecule has 0 N–H and O–H groups in total. The molecule has 6 nitrogen and oxygen atoms in total. The van der Waals surface area contributed by atoms with Gasteiger partial charge in [0.1, 0.15) is 0 Å². The standard InChI is InChI=1S/C23H27NO5S2/c1-24(17-10-14-29-15-11-17)31(27,28)18-8-9-20-22(16-18)30(25,26)21-7-3-2-6-19(21)23(20)12-4-5-13-23/h2-3,6-9,16-17H,4-5,10-15H2,1H3. The molecule has 1 aliphatic carbocycles. The molecule has 1 spiro atoms. The number of nitrogens with zero attached hydrogens (tertiary/aromatic N) is 1. The first-order chi connectivity index (χ1) is 14.8. The summed E-state index contributed by atoms with van der Waals surface area (Å²) in [7, 11) is -6.05. The highest BCUT2D eigenvalue weighted by Gasteiger charge is 2.48. The van der Waals surface area contributed by atoms with E-state index in [9.17, 15) is 16.8 Å². The molecule has 2 fully saturated rings. The number of sulfonamides is 1. The van der Waals surface area contributed by atoms with Crippen LogP contribution in [0.15, 0.2) is 57.2 Å². The molecular formula is C23H27NO5S2. The summed E-state index contributed by atoms with van der Waals surface area (Å²) in [5.41, 5.74) is 1.25. The Balaban J connectivity index is 1.66. The maximum absolute atomic E-state index is 13.6. The fraction of sp³-hybridized carbons (Fsp3) is 0.478. The van der Waals surface area contributed by atoms with E-state index in [0.717, 1.165) is 36.8 Å². The van der Waals surface area contributed by atoms with Crippen LogP contribution in [-0.2, 0) is 30.0 Å². The third kappa shape index (κ3) is 3.10. The van der Waals surface area contributed by atoms with Gasteiger partial charge in [-0.15, -0.1) is 0 Å². The average Bonchev–Trinajstić information content (AvgIpc) is 3.29. The second kappa shape index (κ2) is 7.40. The summed E-state index contributed by atoms with van der Waals surface area (Å²) in [4.78, 5) is 0.502. The highest BCUT2D eigenvalue weighted by Crippen LogP contribution is 2.54. The van der Waals surface area contributed by atoms with Gasteiger partial charge in [0.15, 0.2) is 0 Å². The van der Waals surface area contributed by atoms with Crippen LogP contribution in [-0.4, -0.2) is 47.4 Å². The molecule has 0 bridgehead atoms. The summed E-state index contributed by atoms with van der Waals surface area (Å²) in [6.45, 7) is 1.06. The molecule has 3 aliphatic rings. The van der Waals surface area contributed by atoms with E-state index < -0.39 is 19.9 Å². The molecule has 0 unspecified atom stereocenters. The van der Waals surface area contributed by atoms with Gasteiger partial charge in [0.25, 0.3) is 0 Å². The first-order valence-electron chi connectivity index (χ1n) is 10.8. The van der Waals surface area contributed by atoms with Gasteiger partial charge in [0.2, 0.25) is 19.9 Å². The fourth-order valence-corrected chi connectivity index (χ4v) is 8.97. The minimum absolute atomic E-state index is 0.0383. The highest BCUT2D eigenvalue weighted by molar-refractivity contribution is 7.92. The van der Waals surface area contributed by atoms with E-state index in [1.807, 2.05) is 12.1 Å². The van der Waals surface area contributed by atoms with Gasteiger partial charge in [-0.05, 0) is 55.0 Å². The summed E-state index contributed by atoms with van der Waals surface area (Å²) >= 11 is 0. The molecule has 2 aliphatic heterocycles. The van der Waals surface area contributed by atoms with Crippen molar-refractivity contribution in [2.45, 2.75) is 64.7 Å². The molecule has 2 aromatic carbocycles. The zero-order chi connectivity index (χ0) is 21.9. The zero-order valence-corrected chi connectivity index (χ0v) is 19.2. The van der Waals surface area contributed by atoms with Crippen LogP contribution in [0.5, 0.6) is 0 Å². The molecule has 0 aromatic heterocycles. The molecule has 0 amide bonds. The summed E-state index contributed by atoms with van der Waals surface area (Å²) in [5.74, 6) is 0. The summed E-state index contributed by atoms with van der Waals surface area (Å²) in [6.07, 6.45) is 5.08. The number of fused-ring (bicyclic) bond motifs is 4. The van der Waals surface area contributed by atoms with Crippen molar-refractivity contribution in [3.63, 3.8) is 0 Å². The van der Waals surface area contributed by atoms with Crippen molar-refractivity contribution < 1.29 is 21.6 Å². The quantitative estimate of drug-likeness (QED) is 0.699. The maximum Gasteiger partial charge on any atom is 0.243 e. The predicted octanol–water partition coefficient (Wildman–Crippen LogP) is 3.49. The summed E-state index contributed by atoms with van der Waals surface area (Å²) < 4.78 is 60.6. The Hall–Kier alpha value is -1.74. The van der Waals surface area contributed by atoms with Crippen molar-refractivity contribution in [1.29, 1.82) is 0 Å². The lowest BCUT2D eigenvalue weighted by atomic mass is 9.73. The number of ether oxygens (including phenoxy) is 1. The maximum atomic E-state index is 13.6. The SMILES string of the molecule is CN(C1CCOCC1)S(=O)(=O)c1ccc2c(c1)S(=O)(=O)c1ccccc1C21CCCC1. The molecule has 5 rings (SSSR count). The Morgan fingerprint density at radius 2 is 1.61 bits per heavy atom. The predicted molar refractivity (Wildman–Crippen MR) is 116 cm³/mol. The number of benzene rings is 2. The first-order valence-corrected chi connectivity index (χ1v) is 13.8. The second-order valence-electron chi connectivity index (χ2n) is 8.81. The van der Waals surface area contributed by atoms with E-state index in [1.165, 1.54) is 10.4 Å². The minimum atomic E-state index is -3.82. The topological polar surface area (TPSA) is 80.8 Å². The lowest BCUT2D eigenvalue weighted by Gasteiger charge is -2.38. The Morgan fingerprint density at radius 1 is 0.968 bits per heavy atom. The molecule has 0 radical (unpaired) electrons. The first kappa shape index (κ1) is 21.1. The number of sulfone groups is 1. The largest absolute Gasteiger partial charge is 0.381 e. The third-order valence-corrected chi connectivity index (χ3v) is 11.0. The monoisotopic (exact) mass is 461 g/mol. The van der Waals surface area contributed by atoms with Crippen LogP contribution in [0.2, 0.25) is 0 Å². The van der Waals surface area contributed by atoms with Crippen molar-refractivity contribution in [1.82, 2.24) is 4.31 Å². The van der Waals surface area contributed by atoms with Gasteiger partial charge in [-0.2, -0.15) is 4.31 Å². The zero-order valence-electron chi connectivity index (χ0n) is 17.6. The van der Waals surface area contributed by atoms with Crippen LogP contribution in [0.3, 0.4) is 0 Å². The van der Waals surface area contributed by atoms with E-state index in [2.05, 4.69) is 0 Å². The van der Waals surface area contributed by atoms with Gasteiger partial charge in [-0.25, -0.2) is 16.8 Å². The van der Waals surface area contributed by atoms with E-state index in [4.69, 9.17) is 4.74 Å². The van der Waals surface area contributed by atoms with Crippen LogP contribution >= 0.6 is 0 Å². The molecule has 1 saturated carbocycles. The highest BCUT2D eigenvalue weighted by atomic mass is 32.2. The Labute approximate surface area is 184 Å². The van der Waals surface area contributed by atoms with Gasteiger partial charge in [-0.3, -0.25) is 0 Å². The molecule has 0 atom stereocenters. The molecule has 2 heterocycles. The van der Waals surface area contributed by atoms with Crippen LogP contribution in [0.4, 0.5) is 0 Å². The lowest BCUT2D eigenvalue weighted by Crippen LogP contribution is -2.40. The summed E-state index contributed by atoms with van der Waals surface area (Å²) in [6, 6.07) is 11.8. The van der Waals surface area contributed by atoms with Gasteiger partial charge >= 0.3 is 0 Å². The van der Waals surface area contributed by atoms with Gasteiger partial charge in [0.05, 0.1) is 14.7 Å². The molecule has 166 valence electrons. The number of hydrogen-bond acceptors (Lipinski definition) is 5. The Morgan fingerprint density at radius 3 is 2.32 bits per heavy atom. The average molecular weight is 462 g/mol. The van der Waals surface area contributed by atoms with Crippen LogP contribution in [0, 0.1) is 0 Å². The molecule has 1 saturated heterocycles. The minimum Gasteiger partial charge on any atom is -0.381 e. The fourth-order valence-electron chi connectivity index (χ4n) is 5.57. The van der Waals surface area contributed by atoms with Crippen molar-refractivity contribution >= 4 is 19.9 Å². The molecule has 2 aromatic rings. The molecule has 8 heteroatoms. The third-order valence-electron chi connectivity index (χ3n) is 7.29. The van der Waals surface area contributed by atoms with E-state index >= 15 is 0 Å². The Bertz CT molecular complexity index is 1220. The summed E-state index contributed by atoms with van der Waals surface area (Å²) in [5, 5.41) is 0. The van der Waals surface area contributed by atoms with Crippen LogP contribution in [0.25, 0.3) is 0 Å². The number of rotatable bonds is 3. The Kier molecular flexibility index (Phi) is 5.04. The van der Waals surface area contributed by atoms with Crippen molar-refractivity contribution in [3.8, 4) is 0 Å². The van der Waals surface area contributed by atoms with Crippen LogP contribution < -0.4 is 0 Å². The van der Waals surface area contributed by atoms with Crippen molar-refractivity contribution in [2.75, 3.05) is 20.3 Å². The van der Waals surface area contributed by atoms with E-state index in [1.54, 1.807) is 31.3 Å². The number of hydrogen-bond donors (Lipinski definition) is 0. The van der Waals surface area contributed by atoms with E-state index in [-0.39, 0.29) is 21.2 Å². The van der Waals surface area contributed by atoms with Crippen molar-refractivity contribution in [3.05, 3.63) is 53.6 Å². The van der Waals surface area contributed by atoms with Gasteiger partial charge in [0, 0.05) is 31.7 Å². The normalized spacial score (nSPS) is 22.4. The van der Waals surface area contributed by atoms with Crippen LogP contribution in [0.1, 0.15) is 49.7 Å². The van der Waals surface area contributed by atoms with Crippen molar-refractivity contribution in [2.24, 2.45) is 0 Å². The smallest absolute Gasteiger partial charge is 0.243 e.